The van der Waals surface area contributed by atoms with Crippen LogP contribution in [0.1, 0.15) is 56.6 Å². The third-order valence-corrected chi connectivity index (χ3v) is 7.84. The van der Waals surface area contributed by atoms with E-state index in [1.807, 2.05) is 30.3 Å². The van der Waals surface area contributed by atoms with E-state index in [4.69, 9.17) is 21.3 Å². The normalized spacial score (nSPS) is 22.2. The van der Waals surface area contributed by atoms with Gasteiger partial charge >= 0.3 is 5.97 Å². The Labute approximate surface area is 214 Å². The Morgan fingerprint density at radius 2 is 1.83 bits per heavy atom. The molecule has 0 radical (unpaired) electrons. The standard InChI is InChI=1S/C30H35N3O3/c1-23(34)36-29-11-6-10-28(29)30(32-2,25-8-4-3-5-9-25)26-16-19-33(20-17-26)18-7-21-35-27-14-12-24(22-31)13-15-27/h3-5,8-9,12-15,26,28-29H,6-7,10-11,16-21H2,1H3/t28-,29-,30-/m0/s1. The quantitative estimate of drug-likeness (QED) is 0.263. The molecule has 2 aromatic carbocycles. The highest BCUT2D eigenvalue weighted by atomic mass is 16.5. The van der Waals surface area contributed by atoms with Crippen LogP contribution in [-0.2, 0) is 15.1 Å². The van der Waals surface area contributed by atoms with Crippen LogP contribution >= 0.6 is 0 Å². The molecular weight excluding hydrogens is 450 g/mol. The molecule has 3 atom stereocenters. The first-order valence-electron chi connectivity index (χ1n) is 13.0. The van der Waals surface area contributed by atoms with Gasteiger partial charge in [-0.05, 0) is 75.9 Å². The molecule has 0 N–H and O–H groups in total. The number of nitriles is 1. The van der Waals surface area contributed by atoms with Gasteiger partial charge in [0, 0.05) is 24.9 Å². The minimum atomic E-state index is -0.664. The average Bonchev–Trinajstić information content (AvgIpc) is 3.37. The number of carbonyl (C=O) groups is 1. The average molecular weight is 486 g/mol. The lowest BCUT2D eigenvalue weighted by Crippen LogP contribution is -2.48. The van der Waals surface area contributed by atoms with Crippen molar-refractivity contribution >= 4 is 5.97 Å². The van der Waals surface area contributed by atoms with Gasteiger partial charge in [0.2, 0.25) is 0 Å². The summed E-state index contributed by atoms with van der Waals surface area (Å²) in [6.07, 6.45) is 5.40. The zero-order valence-electron chi connectivity index (χ0n) is 21.1. The van der Waals surface area contributed by atoms with Crippen LogP contribution in [0, 0.1) is 29.7 Å². The van der Waals surface area contributed by atoms with Crippen LogP contribution < -0.4 is 4.74 Å². The number of esters is 1. The largest absolute Gasteiger partial charge is 0.494 e. The van der Waals surface area contributed by atoms with Gasteiger partial charge in [-0.25, -0.2) is 6.57 Å². The summed E-state index contributed by atoms with van der Waals surface area (Å²) in [6.45, 7) is 13.4. The molecular formula is C30H35N3O3. The van der Waals surface area contributed by atoms with Crippen LogP contribution in [0.2, 0.25) is 0 Å². The predicted octanol–water partition coefficient (Wildman–Crippen LogP) is 5.59. The van der Waals surface area contributed by atoms with E-state index in [0.29, 0.717) is 12.2 Å². The highest BCUT2D eigenvalue weighted by Gasteiger charge is 2.58. The number of benzene rings is 2. The van der Waals surface area contributed by atoms with Crippen LogP contribution in [0.25, 0.3) is 4.85 Å². The molecule has 6 heteroatoms. The van der Waals surface area contributed by atoms with Gasteiger partial charge in [0.25, 0.3) is 5.54 Å². The van der Waals surface area contributed by atoms with Crippen molar-refractivity contribution in [3.63, 3.8) is 0 Å². The van der Waals surface area contributed by atoms with E-state index in [1.165, 1.54) is 6.92 Å². The molecule has 4 rings (SSSR count). The van der Waals surface area contributed by atoms with E-state index < -0.39 is 5.54 Å². The third kappa shape index (κ3) is 5.72. The number of ether oxygens (including phenoxy) is 2. The van der Waals surface area contributed by atoms with Crippen molar-refractivity contribution < 1.29 is 14.3 Å². The maximum Gasteiger partial charge on any atom is 0.302 e. The molecule has 2 aromatic rings. The maximum atomic E-state index is 11.8. The first-order chi connectivity index (χ1) is 17.6. The van der Waals surface area contributed by atoms with E-state index in [9.17, 15) is 4.79 Å². The summed E-state index contributed by atoms with van der Waals surface area (Å²) in [5, 5.41) is 8.91. The zero-order chi connectivity index (χ0) is 25.4. The summed E-state index contributed by atoms with van der Waals surface area (Å²) in [4.78, 5) is 18.7. The van der Waals surface area contributed by atoms with Crippen LogP contribution in [-0.4, -0.2) is 43.2 Å². The van der Waals surface area contributed by atoms with Crippen molar-refractivity contribution in [3.8, 4) is 11.8 Å². The van der Waals surface area contributed by atoms with Gasteiger partial charge in [0.1, 0.15) is 11.9 Å². The zero-order valence-corrected chi connectivity index (χ0v) is 21.1. The van der Waals surface area contributed by atoms with Gasteiger partial charge in [0.05, 0.1) is 24.2 Å². The van der Waals surface area contributed by atoms with Crippen LogP contribution in [0.5, 0.6) is 5.75 Å². The van der Waals surface area contributed by atoms with Crippen LogP contribution in [0.4, 0.5) is 0 Å². The number of likely N-dealkylation sites (tertiary alicyclic amines) is 1. The van der Waals surface area contributed by atoms with Gasteiger partial charge in [-0.3, -0.25) is 4.79 Å². The smallest absolute Gasteiger partial charge is 0.302 e. The molecule has 0 spiro atoms. The number of nitrogens with zero attached hydrogens (tertiary/aromatic N) is 3. The molecule has 188 valence electrons. The van der Waals surface area contributed by atoms with Crippen molar-refractivity contribution in [2.24, 2.45) is 11.8 Å². The molecule has 2 fully saturated rings. The molecule has 1 aliphatic carbocycles. The Morgan fingerprint density at radius 1 is 1.11 bits per heavy atom. The molecule has 1 saturated heterocycles. The second-order valence-electron chi connectivity index (χ2n) is 9.94. The van der Waals surface area contributed by atoms with Crippen molar-refractivity contribution in [1.29, 1.82) is 5.26 Å². The van der Waals surface area contributed by atoms with Crippen LogP contribution in [0.3, 0.4) is 0 Å². The van der Waals surface area contributed by atoms with Gasteiger partial charge in [0.15, 0.2) is 0 Å². The van der Waals surface area contributed by atoms with Crippen molar-refractivity contribution in [1.82, 2.24) is 4.90 Å². The third-order valence-electron chi connectivity index (χ3n) is 7.84. The lowest BCUT2D eigenvalue weighted by atomic mass is 9.65. The number of hydrogen-bond acceptors (Lipinski definition) is 5. The lowest BCUT2D eigenvalue weighted by molar-refractivity contribution is -0.149. The summed E-state index contributed by atoms with van der Waals surface area (Å²) < 4.78 is 11.6. The molecule has 1 aliphatic heterocycles. The molecule has 1 heterocycles. The van der Waals surface area contributed by atoms with Crippen molar-refractivity contribution in [2.75, 3.05) is 26.2 Å². The molecule has 0 bridgehead atoms. The predicted molar refractivity (Wildman–Crippen MR) is 138 cm³/mol. The molecule has 6 nitrogen and oxygen atoms in total. The molecule has 0 unspecified atom stereocenters. The Balaban J connectivity index is 1.38. The van der Waals surface area contributed by atoms with Gasteiger partial charge in [-0.2, -0.15) is 5.26 Å². The highest BCUT2D eigenvalue weighted by Crippen LogP contribution is 2.52. The maximum absolute atomic E-state index is 11.8. The van der Waals surface area contributed by atoms with Crippen molar-refractivity contribution in [3.05, 3.63) is 77.1 Å². The minimum absolute atomic E-state index is 0.0265. The second-order valence-corrected chi connectivity index (χ2v) is 9.94. The number of rotatable bonds is 9. The van der Waals surface area contributed by atoms with Gasteiger partial charge < -0.3 is 19.2 Å². The first kappa shape index (κ1) is 25.7. The fraction of sp³-hybridized carbons (Fsp3) is 0.500. The molecule has 2 aliphatic rings. The molecule has 36 heavy (non-hydrogen) atoms. The van der Waals surface area contributed by atoms with Crippen LogP contribution in [0.15, 0.2) is 54.6 Å². The summed E-state index contributed by atoms with van der Waals surface area (Å²) in [7, 11) is 0. The van der Waals surface area contributed by atoms with E-state index in [1.54, 1.807) is 12.1 Å². The lowest BCUT2D eigenvalue weighted by Gasteiger charge is -2.41. The Hall–Kier alpha value is -3.35. The number of piperidine rings is 1. The monoisotopic (exact) mass is 485 g/mol. The number of hydrogen-bond donors (Lipinski definition) is 0. The Bertz CT molecular complexity index is 1080. The summed E-state index contributed by atoms with van der Waals surface area (Å²) in [5.41, 5.74) is 1.04. The molecule has 0 aromatic heterocycles. The minimum Gasteiger partial charge on any atom is -0.494 e. The number of carbonyl (C=O) groups excluding carboxylic acids is 1. The highest BCUT2D eigenvalue weighted by molar-refractivity contribution is 5.66. The second kappa shape index (κ2) is 12.1. The van der Waals surface area contributed by atoms with E-state index >= 15 is 0 Å². The van der Waals surface area contributed by atoms with Gasteiger partial charge in [-0.15, -0.1) is 0 Å². The Morgan fingerprint density at radius 3 is 2.47 bits per heavy atom. The van der Waals surface area contributed by atoms with E-state index in [2.05, 4.69) is 27.9 Å². The fourth-order valence-corrected chi connectivity index (χ4v) is 6.18. The van der Waals surface area contributed by atoms with E-state index in [0.717, 1.165) is 69.5 Å². The summed E-state index contributed by atoms with van der Waals surface area (Å²) in [6, 6.07) is 19.6. The summed E-state index contributed by atoms with van der Waals surface area (Å²) >= 11 is 0. The summed E-state index contributed by atoms with van der Waals surface area (Å²) in [5.74, 6) is 0.788. The van der Waals surface area contributed by atoms with Crippen molar-refractivity contribution in [2.45, 2.75) is 57.1 Å². The first-order valence-corrected chi connectivity index (χ1v) is 13.0. The molecule has 0 amide bonds. The van der Waals surface area contributed by atoms with Gasteiger partial charge in [-0.1, -0.05) is 30.3 Å². The SMILES string of the molecule is [C-]#[N+][C@@](c1ccccc1)(C1CCN(CCCOc2ccc(C#N)cc2)CC1)[C@H]1CCC[C@@H]1OC(C)=O. The van der Waals surface area contributed by atoms with E-state index in [-0.39, 0.29) is 23.9 Å². The topological polar surface area (TPSA) is 66.9 Å². The fourth-order valence-electron chi connectivity index (χ4n) is 6.18. The Kier molecular flexibility index (Phi) is 8.62. The molecule has 1 saturated carbocycles.